The largest absolute Gasteiger partial charge is 0.490 e. The summed E-state index contributed by atoms with van der Waals surface area (Å²) in [6.07, 6.45) is -5.40. The molecule has 1 aliphatic heterocycles. The zero-order valence-electron chi connectivity index (χ0n) is 15.3. The Bertz CT molecular complexity index is 979. The van der Waals surface area contributed by atoms with E-state index in [4.69, 9.17) is 19.4 Å². The third kappa shape index (κ3) is 7.49. The van der Waals surface area contributed by atoms with Crippen molar-refractivity contribution in [3.05, 3.63) is 22.7 Å². The lowest BCUT2D eigenvalue weighted by Crippen LogP contribution is -2.36. The average Bonchev–Trinajstić information content (AvgIpc) is 2.86. The van der Waals surface area contributed by atoms with Crippen LogP contribution in [0.5, 0.6) is 0 Å². The van der Waals surface area contributed by atoms with Crippen molar-refractivity contribution in [3.63, 3.8) is 0 Å². The molecule has 2 unspecified atom stereocenters. The Morgan fingerprint density at radius 3 is 2.32 bits per heavy atom. The van der Waals surface area contributed by atoms with Crippen LogP contribution in [0.1, 0.15) is 6.23 Å². The third-order valence-corrected chi connectivity index (χ3v) is 7.27. The highest BCUT2D eigenvalue weighted by Gasteiger charge is 2.46. The first-order valence-corrected chi connectivity index (χ1v) is 12.3. The summed E-state index contributed by atoms with van der Waals surface area (Å²) in [5.41, 5.74) is 1.37. The molecule has 1 saturated heterocycles. The Labute approximate surface area is 172 Å². The Balaban J connectivity index is 2.05. The predicted octanol–water partition coefficient (Wildman–Crippen LogP) is -1.82. The zero-order valence-corrected chi connectivity index (χ0v) is 17.9. The van der Waals surface area contributed by atoms with Crippen molar-refractivity contribution >= 4 is 29.3 Å². The molecule has 6 atom stereocenters. The van der Waals surface area contributed by atoms with Crippen LogP contribution in [-0.2, 0) is 36.4 Å². The highest BCUT2D eigenvalue weighted by atomic mass is 31.3. The second-order valence-corrected chi connectivity index (χ2v) is 10.2. The van der Waals surface area contributed by atoms with Crippen LogP contribution >= 0.6 is 23.5 Å². The molecule has 2 heterocycles. The van der Waals surface area contributed by atoms with Crippen molar-refractivity contribution in [2.75, 3.05) is 19.2 Å². The van der Waals surface area contributed by atoms with Crippen LogP contribution < -0.4 is 11.2 Å². The average molecular weight is 513 g/mol. The lowest BCUT2D eigenvalue weighted by molar-refractivity contribution is -0.0541. The van der Waals surface area contributed by atoms with Crippen LogP contribution in [0.15, 0.2) is 17.1 Å². The highest BCUT2D eigenvalue weighted by molar-refractivity contribution is 7.66. The SMILES string of the molecule is CONc1ccn([C@@H]2O[C@H](COP(=O)(O)OP(=O)(O)OP(=O)(O)O)[C@@H](O)[C@H]2O)c(=O)n1. The van der Waals surface area contributed by atoms with Crippen molar-refractivity contribution in [3.8, 4) is 0 Å². The van der Waals surface area contributed by atoms with Crippen LogP contribution in [-0.4, -0.2) is 71.4 Å². The molecule has 18 nitrogen and oxygen atoms in total. The molecule has 31 heavy (non-hydrogen) atoms. The quantitative estimate of drug-likeness (QED) is 0.134. The summed E-state index contributed by atoms with van der Waals surface area (Å²) in [6.45, 7) is -1.02. The minimum Gasteiger partial charge on any atom is -0.387 e. The van der Waals surface area contributed by atoms with Gasteiger partial charge in [0.2, 0.25) is 0 Å². The number of ether oxygens (including phenoxy) is 1. The topological polar surface area (TPSA) is 266 Å². The standard InChI is InChI=1S/C10H18N3O15P3/c1-24-12-6-2-3-13(10(16)11-6)9-8(15)7(14)5(26-9)4-25-30(20,21)28-31(22,23)27-29(17,18)19/h2-3,5,7-9,14-15H,4H2,1H3,(H,20,21)(H,22,23)(H,11,12,16)(H2,17,18,19)/t5-,7-,8-,9-/m1/s1. The molecule has 0 amide bonds. The monoisotopic (exact) mass is 513 g/mol. The molecular weight excluding hydrogens is 495 g/mol. The van der Waals surface area contributed by atoms with Gasteiger partial charge in [-0.3, -0.25) is 13.9 Å². The summed E-state index contributed by atoms with van der Waals surface area (Å²) in [5, 5.41) is 20.1. The first kappa shape index (κ1) is 26.2. The molecule has 0 spiro atoms. The molecule has 0 aromatic carbocycles. The van der Waals surface area contributed by atoms with E-state index in [1.165, 1.54) is 13.2 Å². The molecule has 1 fully saturated rings. The molecule has 0 bridgehead atoms. The zero-order chi connectivity index (χ0) is 23.6. The number of phosphoric acid groups is 3. The van der Waals surface area contributed by atoms with E-state index in [2.05, 4.69) is 28.4 Å². The summed E-state index contributed by atoms with van der Waals surface area (Å²) in [6, 6.07) is 1.27. The van der Waals surface area contributed by atoms with Gasteiger partial charge in [0.25, 0.3) is 0 Å². The number of phosphoric ester groups is 1. The van der Waals surface area contributed by atoms with Crippen molar-refractivity contribution in [1.82, 2.24) is 9.55 Å². The fraction of sp³-hybridized carbons (Fsp3) is 0.600. The van der Waals surface area contributed by atoms with Crippen LogP contribution in [0.25, 0.3) is 0 Å². The Morgan fingerprint density at radius 2 is 1.77 bits per heavy atom. The van der Waals surface area contributed by atoms with Gasteiger partial charge in [-0.05, 0) is 6.07 Å². The number of aromatic nitrogens is 2. The van der Waals surface area contributed by atoms with Gasteiger partial charge < -0.3 is 34.5 Å². The summed E-state index contributed by atoms with van der Waals surface area (Å²) < 4.78 is 51.0. The molecule has 1 aliphatic rings. The lowest BCUT2D eigenvalue weighted by Gasteiger charge is -2.19. The van der Waals surface area contributed by atoms with Crippen molar-refractivity contribution in [2.45, 2.75) is 24.5 Å². The van der Waals surface area contributed by atoms with E-state index in [-0.39, 0.29) is 5.82 Å². The number of hydrogen-bond donors (Lipinski definition) is 7. The van der Waals surface area contributed by atoms with E-state index in [0.29, 0.717) is 0 Å². The minimum atomic E-state index is -5.73. The Morgan fingerprint density at radius 1 is 1.13 bits per heavy atom. The van der Waals surface area contributed by atoms with Crippen LogP contribution in [0.3, 0.4) is 0 Å². The highest BCUT2D eigenvalue weighted by Crippen LogP contribution is 2.66. The van der Waals surface area contributed by atoms with E-state index < -0.39 is 60.3 Å². The van der Waals surface area contributed by atoms with Gasteiger partial charge in [-0.25, -0.2) is 24.0 Å². The van der Waals surface area contributed by atoms with E-state index in [9.17, 15) is 33.6 Å². The fourth-order valence-corrected chi connectivity index (χ4v) is 5.37. The number of anilines is 1. The summed E-state index contributed by atoms with van der Waals surface area (Å²) in [7, 11) is -15.5. The molecule has 21 heteroatoms. The second-order valence-electron chi connectivity index (χ2n) is 5.74. The number of aliphatic hydroxyl groups is 2. The number of nitrogens with one attached hydrogen (secondary N) is 1. The molecular formula is C10H18N3O15P3. The molecule has 0 radical (unpaired) electrons. The normalized spacial score (nSPS) is 28.1. The number of nitrogens with zero attached hydrogens (tertiary/aromatic N) is 2. The van der Waals surface area contributed by atoms with Crippen LogP contribution in [0.2, 0.25) is 0 Å². The van der Waals surface area contributed by atoms with Crippen molar-refractivity contribution in [1.29, 1.82) is 0 Å². The van der Waals surface area contributed by atoms with Gasteiger partial charge in [0.05, 0.1) is 13.7 Å². The first-order chi connectivity index (χ1) is 14.1. The number of aliphatic hydroxyl groups excluding tert-OH is 2. The van der Waals surface area contributed by atoms with E-state index in [1.807, 2.05) is 0 Å². The molecule has 1 aromatic heterocycles. The van der Waals surface area contributed by atoms with E-state index in [0.717, 1.165) is 10.8 Å². The van der Waals surface area contributed by atoms with E-state index >= 15 is 0 Å². The molecule has 0 aliphatic carbocycles. The first-order valence-electron chi connectivity index (χ1n) is 7.82. The minimum absolute atomic E-state index is 0.0287. The molecule has 1 aromatic rings. The molecule has 7 N–H and O–H groups in total. The number of rotatable bonds is 10. The van der Waals surface area contributed by atoms with Gasteiger partial charge in [-0.1, -0.05) is 0 Å². The van der Waals surface area contributed by atoms with Crippen molar-refractivity contribution in [2.24, 2.45) is 0 Å². The second kappa shape index (κ2) is 9.82. The van der Waals surface area contributed by atoms with Crippen LogP contribution in [0.4, 0.5) is 5.82 Å². The van der Waals surface area contributed by atoms with Crippen molar-refractivity contribution < 1.29 is 66.2 Å². The number of hydrogen-bond acceptors (Lipinski definition) is 13. The van der Waals surface area contributed by atoms with Gasteiger partial charge in [0, 0.05) is 6.20 Å². The Hall–Kier alpha value is -1.07. The van der Waals surface area contributed by atoms with Crippen LogP contribution in [0, 0.1) is 0 Å². The molecule has 2 rings (SSSR count). The fourth-order valence-electron chi connectivity index (χ4n) is 2.34. The van der Waals surface area contributed by atoms with Gasteiger partial charge >= 0.3 is 29.2 Å². The smallest absolute Gasteiger partial charge is 0.387 e. The molecule has 178 valence electrons. The van der Waals surface area contributed by atoms with Gasteiger partial charge in [-0.15, -0.1) is 0 Å². The summed E-state index contributed by atoms with van der Waals surface area (Å²) >= 11 is 0. The predicted molar refractivity (Wildman–Crippen MR) is 94.9 cm³/mol. The van der Waals surface area contributed by atoms with Gasteiger partial charge in [0.1, 0.15) is 18.3 Å². The maximum Gasteiger partial charge on any atom is 0.490 e. The van der Waals surface area contributed by atoms with Gasteiger partial charge in [0.15, 0.2) is 12.0 Å². The van der Waals surface area contributed by atoms with E-state index in [1.54, 1.807) is 0 Å². The maximum atomic E-state index is 12.1. The summed E-state index contributed by atoms with van der Waals surface area (Å²) in [4.78, 5) is 55.6. The Kier molecular flexibility index (Phi) is 8.30. The summed E-state index contributed by atoms with van der Waals surface area (Å²) in [5.74, 6) is 0.0287. The third-order valence-electron chi connectivity index (χ3n) is 3.47. The lowest BCUT2D eigenvalue weighted by atomic mass is 10.1. The van der Waals surface area contributed by atoms with Gasteiger partial charge in [-0.2, -0.15) is 13.6 Å². The maximum absolute atomic E-state index is 12.1. The molecule has 0 saturated carbocycles.